The molecule has 1 atom stereocenters. The highest BCUT2D eigenvalue weighted by Crippen LogP contribution is 2.44. The lowest BCUT2D eigenvalue weighted by molar-refractivity contribution is -0.131. The number of rotatable bonds is 2. The first-order valence-corrected chi connectivity index (χ1v) is 7.53. The lowest BCUT2D eigenvalue weighted by atomic mass is 10.0. The molecule has 2 amide bonds. The predicted octanol–water partition coefficient (Wildman–Crippen LogP) is 2.06. The third kappa shape index (κ3) is 3.04. The van der Waals surface area contributed by atoms with E-state index in [0.29, 0.717) is 10.7 Å². The summed E-state index contributed by atoms with van der Waals surface area (Å²) in [6, 6.07) is 7.04. The van der Waals surface area contributed by atoms with E-state index in [1.54, 1.807) is 24.3 Å². The Morgan fingerprint density at radius 2 is 1.73 bits per heavy atom. The van der Waals surface area contributed by atoms with Crippen LogP contribution in [0.3, 0.4) is 0 Å². The number of nitrogens with one attached hydrogen (secondary N) is 1. The van der Waals surface area contributed by atoms with Gasteiger partial charge in [0.2, 0.25) is 11.8 Å². The van der Waals surface area contributed by atoms with Gasteiger partial charge in [-0.25, -0.2) is 5.01 Å². The fraction of sp³-hybridized carbons (Fsp3) is 0.333. The number of Topliss-reactive ketones (excluding diaryl/α,β-unsaturated/α-hetero) is 1. The smallest absolute Gasteiger partial charge is 0.241 e. The zero-order valence-electron chi connectivity index (χ0n) is 12.8. The van der Waals surface area contributed by atoms with Crippen molar-refractivity contribution in [1.29, 1.82) is 0 Å². The van der Waals surface area contributed by atoms with Crippen LogP contribution >= 0.6 is 11.8 Å². The maximum absolute atomic E-state index is 11.9. The fourth-order valence-electron chi connectivity index (χ4n) is 2.21. The van der Waals surface area contributed by atoms with Crippen LogP contribution in [-0.2, 0) is 14.5 Å². The second kappa shape index (κ2) is 5.92. The number of benzene rings is 1. The molecular formula is C15H17N3O3S. The van der Waals surface area contributed by atoms with Crippen molar-refractivity contribution in [2.45, 2.75) is 32.6 Å². The number of amides is 2. The molecule has 2 rings (SSSR count). The van der Waals surface area contributed by atoms with Crippen LogP contribution in [0.4, 0.5) is 0 Å². The molecule has 1 unspecified atom stereocenters. The van der Waals surface area contributed by atoms with Crippen molar-refractivity contribution in [2.24, 2.45) is 5.10 Å². The Labute approximate surface area is 132 Å². The monoisotopic (exact) mass is 319 g/mol. The van der Waals surface area contributed by atoms with Gasteiger partial charge in [-0.3, -0.25) is 14.4 Å². The number of ketones is 1. The van der Waals surface area contributed by atoms with Gasteiger partial charge in [0.15, 0.2) is 11.0 Å². The first kappa shape index (κ1) is 16.2. The molecule has 0 aromatic heterocycles. The number of hydrazone groups is 1. The predicted molar refractivity (Wildman–Crippen MR) is 85.2 cm³/mol. The number of carbonyl (C=O) groups excluding carboxylic acids is 3. The molecule has 1 aromatic carbocycles. The minimum atomic E-state index is -0.765. The van der Waals surface area contributed by atoms with Crippen LogP contribution in [-0.4, -0.2) is 27.8 Å². The molecule has 1 N–H and O–H groups in total. The quantitative estimate of drug-likeness (QED) is 0.846. The average molecular weight is 319 g/mol. The summed E-state index contributed by atoms with van der Waals surface area (Å²) in [5, 5.41) is 8.50. The average Bonchev–Trinajstić information content (AvgIpc) is 2.76. The van der Waals surface area contributed by atoms with Gasteiger partial charge in [-0.1, -0.05) is 36.0 Å². The standard InChI is InChI=1S/C15H17N3O3S/c1-9(19)12-5-7-13(8-6-12)15(4)18(11(3)21)17-14(22-15)16-10(2)20/h5-8H,1-4H3,(H,16,17,20). The molecule has 1 aromatic rings. The molecule has 116 valence electrons. The highest BCUT2D eigenvalue weighted by Gasteiger charge is 2.43. The molecule has 1 aliphatic heterocycles. The maximum Gasteiger partial charge on any atom is 0.241 e. The van der Waals surface area contributed by atoms with E-state index in [1.807, 2.05) is 6.92 Å². The lowest BCUT2D eigenvalue weighted by Crippen LogP contribution is -2.37. The van der Waals surface area contributed by atoms with Gasteiger partial charge in [-0.15, -0.1) is 5.10 Å². The van der Waals surface area contributed by atoms with Gasteiger partial charge >= 0.3 is 0 Å². The van der Waals surface area contributed by atoms with Crippen LogP contribution in [0.15, 0.2) is 29.4 Å². The molecule has 0 bridgehead atoms. The largest absolute Gasteiger partial charge is 0.304 e. The molecule has 1 aliphatic rings. The van der Waals surface area contributed by atoms with E-state index in [4.69, 9.17) is 0 Å². The molecule has 7 heteroatoms. The van der Waals surface area contributed by atoms with E-state index in [-0.39, 0.29) is 17.6 Å². The van der Waals surface area contributed by atoms with Gasteiger partial charge in [0, 0.05) is 19.4 Å². The van der Waals surface area contributed by atoms with Gasteiger partial charge in [-0.2, -0.15) is 0 Å². The second-order valence-corrected chi connectivity index (χ2v) is 6.52. The summed E-state index contributed by atoms with van der Waals surface area (Å²) in [5.74, 6) is -0.494. The van der Waals surface area contributed by atoms with Crippen LogP contribution in [0, 0.1) is 0 Å². The number of hydrogen-bond donors (Lipinski definition) is 1. The number of nitrogens with zero attached hydrogens (tertiary/aromatic N) is 2. The third-order valence-corrected chi connectivity index (χ3v) is 4.48. The zero-order chi connectivity index (χ0) is 16.5. The Kier molecular flexibility index (Phi) is 4.37. The minimum absolute atomic E-state index is 0.0191. The summed E-state index contributed by atoms with van der Waals surface area (Å²) in [6.07, 6.45) is 0. The van der Waals surface area contributed by atoms with E-state index in [2.05, 4.69) is 10.4 Å². The number of hydrogen-bond acceptors (Lipinski definition) is 5. The van der Waals surface area contributed by atoms with Gasteiger partial charge in [0.1, 0.15) is 4.87 Å². The highest BCUT2D eigenvalue weighted by molar-refractivity contribution is 8.14. The highest BCUT2D eigenvalue weighted by atomic mass is 32.2. The first-order valence-electron chi connectivity index (χ1n) is 6.71. The number of thioether (sulfide) groups is 1. The molecule has 0 fully saturated rings. The Hall–Kier alpha value is -2.15. The van der Waals surface area contributed by atoms with Crippen LogP contribution in [0.2, 0.25) is 0 Å². The Morgan fingerprint density at radius 3 is 2.18 bits per heavy atom. The van der Waals surface area contributed by atoms with Crippen LogP contribution in [0.1, 0.15) is 43.6 Å². The lowest BCUT2D eigenvalue weighted by Gasteiger charge is -2.31. The van der Waals surface area contributed by atoms with Crippen LogP contribution in [0.25, 0.3) is 0 Å². The summed E-state index contributed by atoms with van der Waals surface area (Å²) in [5.41, 5.74) is 1.43. The molecule has 1 heterocycles. The van der Waals surface area contributed by atoms with Crippen molar-refractivity contribution >= 4 is 34.5 Å². The Balaban J connectivity index is 2.36. The molecule has 0 spiro atoms. The van der Waals surface area contributed by atoms with E-state index < -0.39 is 4.87 Å². The normalized spacial score (nSPS) is 20.5. The van der Waals surface area contributed by atoms with Crippen molar-refractivity contribution in [3.63, 3.8) is 0 Å². The van der Waals surface area contributed by atoms with Crippen molar-refractivity contribution < 1.29 is 14.4 Å². The van der Waals surface area contributed by atoms with Crippen LogP contribution in [0.5, 0.6) is 0 Å². The van der Waals surface area contributed by atoms with Gasteiger partial charge in [0.25, 0.3) is 0 Å². The van der Waals surface area contributed by atoms with E-state index in [1.165, 1.54) is 37.5 Å². The number of amidine groups is 1. The SMILES string of the molecule is CC(=O)NC1=NN(C(C)=O)C(C)(c2ccc(C(C)=O)cc2)S1. The summed E-state index contributed by atoms with van der Waals surface area (Å²) >= 11 is 1.28. The van der Waals surface area contributed by atoms with Crippen molar-refractivity contribution in [3.8, 4) is 0 Å². The van der Waals surface area contributed by atoms with Gasteiger partial charge < -0.3 is 5.32 Å². The van der Waals surface area contributed by atoms with Gasteiger partial charge in [0.05, 0.1) is 0 Å². The molecule has 6 nitrogen and oxygen atoms in total. The minimum Gasteiger partial charge on any atom is -0.304 e. The Morgan fingerprint density at radius 1 is 1.14 bits per heavy atom. The van der Waals surface area contributed by atoms with E-state index in [9.17, 15) is 14.4 Å². The zero-order valence-corrected chi connectivity index (χ0v) is 13.7. The summed E-state index contributed by atoms with van der Waals surface area (Å²) in [6.45, 7) is 6.16. The second-order valence-electron chi connectivity index (χ2n) is 5.14. The summed E-state index contributed by atoms with van der Waals surface area (Å²) in [7, 11) is 0. The summed E-state index contributed by atoms with van der Waals surface area (Å²) in [4.78, 5) is 33.7. The van der Waals surface area contributed by atoms with Crippen LogP contribution < -0.4 is 5.32 Å². The van der Waals surface area contributed by atoms with Crippen molar-refractivity contribution in [1.82, 2.24) is 10.3 Å². The maximum atomic E-state index is 11.9. The first-order chi connectivity index (χ1) is 10.2. The van der Waals surface area contributed by atoms with Crippen molar-refractivity contribution in [3.05, 3.63) is 35.4 Å². The molecule has 0 saturated carbocycles. The third-order valence-electron chi connectivity index (χ3n) is 3.30. The number of carbonyl (C=O) groups is 3. The molecule has 0 saturated heterocycles. The van der Waals surface area contributed by atoms with E-state index in [0.717, 1.165) is 5.56 Å². The van der Waals surface area contributed by atoms with Crippen molar-refractivity contribution in [2.75, 3.05) is 0 Å². The topological polar surface area (TPSA) is 78.8 Å². The fourth-order valence-corrected chi connectivity index (χ4v) is 3.41. The molecule has 22 heavy (non-hydrogen) atoms. The Bertz CT molecular complexity index is 669. The molecular weight excluding hydrogens is 302 g/mol. The summed E-state index contributed by atoms with van der Waals surface area (Å²) < 4.78 is 0. The molecule has 0 aliphatic carbocycles. The molecule has 0 radical (unpaired) electrons. The van der Waals surface area contributed by atoms with Gasteiger partial charge in [-0.05, 0) is 19.4 Å². The van der Waals surface area contributed by atoms with E-state index >= 15 is 0 Å².